The Balaban J connectivity index is 1.04. The summed E-state index contributed by atoms with van der Waals surface area (Å²) < 4.78 is 6.87. The van der Waals surface area contributed by atoms with Crippen molar-refractivity contribution in [3.8, 4) is 56.5 Å². The molecule has 1 spiro atoms. The molecule has 1 aliphatic heterocycles. The van der Waals surface area contributed by atoms with Crippen LogP contribution in [0.15, 0.2) is 146 Å². The normalized spacial score (nSPS) is 23.3. The van der Waals surface area contributed by atoms with Crippen molar-refractivity contribution in [1.29, 1.82) is 0 Å². The summed E-state index contributed by atoms with van der Waals surface area (Å²) in [6.45, 7) is 0. The molecule has 0 N–H and O–H groups in total. The van der Waals surface area contributed by atoms with Gasteiger partial charge in [-0.2, -0.15) is 0 Å². The van der Waals surface area contributed by atoms with Crippen molar-refractivity contribution in [3.05, 3.63) is 174 Å². The molecule has 0 bridgehead atoms. The average molecular weight is 670 g/mol. The minimum Gasteiger partial charge on any atom is -0.457 e. The summed E-state index contributed by atoms with van der Waals surface area (Å²) in [4.78, 5) is 15.8. The molecule has 4 heteroatoms. The first-order valence-electron chi connectivity index (χ1n) is 18.8. The van der Waals surface area contributed by atoms with Crippen LogP contribution in [0.25, 0.3) is 45.0 Å². The van der Waals surface area contributed by atoms with Gasteiger partial charge in [0.25, 0.3) is 0 Å². The van der Waals surface area contributed by atoms with Gasteiger partial charge in [-0.25, -0.2) is 15.0 Å². The van der Waals surface area contributed by atoms with Gasteiger partial charge in [0.1, 0.15) is 17.3 Å². The van der Waals surface area contributed by atoms with Gasteiger partial charge in [-0.1, -0.05) is 133 Å². The maximum absolute atomic E-state index is 6.87. The second-order valence-electron chi connectivity index (χ2n) is 15.6. The van der Waals surface area contributed by atoms with E-state index in [0.29, 0.717) is 0 Å². The standard InChI is InChI=1S/C48H35N3O/c1-2-12-29(13-3-1)44-49-45(51-46(50-44)47-27-31-22-23-32(28-47)43(31)47)36-17-5-4-14-33(36)30-24-25-40-42(26-30)52-41-21-11-10-20-39(41)48(40)37-18-8-6-15-34(37)35-16-7-9-19-38(35)48/h1-21,24-26,31-32,43H,22-23,27-28H2. The largest absolute Gasteiger partial charge is 0.457 e. The number of rotatable bonds is 4. The van der Waals surface area contributed by atoms with E-state index in [1.807, 2.05) is 0 Å². The fourth-order valence-corrected chi connectivity index (χ4v) is 11.2. The van der Waals surface area contributed by atoms with Crippen molar-refractivity contribution in [3.63, 3.8) is 0 Å². The summed E-state index contributed by atoms with van der Waals surface area (Å²) in [5.74, 6) is 6.70. The molecule has 2 atom stereocenters. The minimum atomic E-state index is -0.482. The Morgan fingerprint density at radius 1 is 0.462 bits per heavy atom. The Morgan fingerprint density at radius 3 is 1.77 bits per heavy atom. The Hall–Kier alpha value is -5.87. The van der Waals surface area contributed by atoms with Crippen LogP contribution < -0.4 is 4.74 Å². The van der Waals surface area contributed by atoms with E-state index in [-0.39, 0.29) is 5.41 Å². The van der Waals surface area contributed by atoms with Crippen molar-refractivity contribution in [2.45, 2.75) is 36.5 Å². The molecule has 0 saturated heterocycles. The molecule has 2 unspecified atom stereocenters. The molecule has 12 rings (SSSR count). The van der Waals surface area contributed by atoms with E-state index in [2.05, 4.69) is 146 Å². The maximum Gasteiger partial charge on any atom is 0.164 e. The third-order valence-electron chi connectivity index (χ3n) is 13.3. The van der Waals surface area contributed by atoms with Crippen LogP contribution in [0.1, 0.15) is 53.8 Å². The van der Waals surface area contributed by atoms with Gasteiger partial charge in [-0.05, 0) is 89.0 Å². The lowest BCUT2D eigenvalue weighted by Gasteiger charge is -2.62. The Morgan fingerprint density at radius 2 is 1.04 bits per heavy atom. The van der Waals surface area contributed by atoms with Gasteiger partial charge < -0.3 is 4.74 Å². The first-order valence-corrected chi connectivity index (χ1v) is 18.8. The van der Waals surface area contributed by atoms with Crippen LogP contribution in [0.2, 0.25) is 0 Å². The number of fused-ring (bicyclic) bond motifs is 9. The van der Waals surface area contributed by atoms with Gasteiger partial charge in [-0.3, -0.25) is 0 Å². The molecule has 5 aliphatic rings. The van der Waals surface area contributed by atoms with Crippen molar-refractivity contribution in [1.82, 2.24) is 15.0 Å². The second-order valence-corrected chi connectivity index (χ2v) is 15.6. The third kappa shape index (κ3) is 3.64. The number of benzene rings is 6. The number of ether oxygens (including phenoxy) is 1. The number of nitrogens with zero attached hydrogens (tertiary/aromatic N) is 3. The molecule has 1 aromatic heterocycles. The van der Waals surface area contributed by atoms with Gasteiger partial charge in [0.2, 0.25) is 0 Å². The number of para-hydroxylation sites is 1. The second kappa shape index (κ2) is 10.4. The third-order valence-corrected chi connectivity index (χ3v) is 13.3. The molecule has 3 saturated carbocycles. The number of hydrogen-bond acceptors (Lipinski definition) is 4. The molecule has 3 fully saturated rings. The summed E-state index contributed by atoms with van der Waals surface area (Å²) in [7, 11) is 0. The Bertz CT molecular complexity index is 2550. The summed E-state index contributed by atoms with van der Waals surface area (Å²) >= 11 is 0. The van der Waals surface area contributed by atoms with Crippen LogP contribution in [-0.2, 0) is 10.8 Å². The molecular formula is C48H35N3O. The summed E-state index contributed by atoms with van der Waals surface area (Å²) in [6, 6.07) is 52.1. The minimum absolute atomic E-state index is 0.108. The molecule has 6 aromatic carbocycles. The van der Waals surface area contributed by atoms with Crippen molar-refractivity contribution >= 4 is 0 Å². The van der Waals surface area contributed by atoms with E-state index in [9.17, 15) is 0 Å². The van der Waals surface area contributed by atoms with Crippen LogP contribution in [0.3, 0.4) is 0 Å². The van der Waals surface area contributed by atoms with E-state index in [1.54, 1.807) is 0 Å². The van der Waals surface area contributed by atoms with Crippen LogP contribution in [0, 0.1) is 17.8 Å². The highest BCUT2D eigenvalue weighted by Gasteiger charge is 2.69. The molecule has 0 amide bonds. The molecule has 7 aromatic rings. The topological polar surface area (TPSA) is 47.9 Å². The zero-order chi connectivity index (χ0) is 34.0. The van der Waals surface area contributed by atoms with E-state index < -0.39 is 5.41 Å². The van der Waals surface area contributed by atoms with Gasteiger partial charge >= 0.3 is 0 Å². The number of aromatic nitrogens is 3. The highest BCUT2D eigenvalue weighted by Crippen LogP contribution is 2.73. The van der Waals surface area contributed by atoms with Crippen LogP contribution in [0.5, 0.6) is 11.5 Å². The monoisotopic (exact) mass is 669 g/mol. The highest BCUT2D eigenvalue weighted by molar-refractivity contribution is 5.89. The molecule has 248 valence electrons. The van der Waals surface area contributed by atoms with Crippen LogP contribution in [0.4, 0.5) is 0 Å². The Kier molecular flexibility index (Phi) is 5.73. The predicted molar refractivity (Wildman–Crippen MR) is 204 cm³/mol. The number of hydrogen-bond donors (Lipinski definition) is 0. The van der Waals surface area contributed by atoms with E-state index >= 15 is 0 Å². The quantitative estimate of drug-likeness (QED) is 0.187. The lowest BCUT2D eigenvalue weighted by molar-refractivity contribution is -0.0852. The van der Waals surface area contributed by atoms with E-state index in [1.165, 1.54) is 53.5 Å². The lowest BCUT2D eigenvalue weighted by atomic mass is 9.41. The van der Waals surface area contributed by atoms with Gasteiger partial charge in [0.05, 0.1) is 5.41 Å². The molecule has 4 nitrogen and oxygen atoms in total. The summed E-state index contributed by atoms with van der Waals surface area (Å²) in [6.07, 6.45) is 5.16. The maximum atomic E-state index is 6.87. The SMILES string of the molecule is c1ccc(-c2nc(-c3ccccc3-c3ccc4c(c3)Oc3ccccc3C43c4ccccc4-c4ccccc43)nc(C34CC5CCC(C3)C54)n2)cc1. The summed E-state index contributed by atoms with van der Waals surface area (Å²) in [5.41, 5.74) is 11.3. The molecule has 2 heterocycles. The molecule has 52 heavy (non-hydrogen) atoms. The fourth-order valence-electron chi connectivity index (χ4n) is 11.2. The van der Waals surface area contributed by atoms with Crippen molar-refractivity contribution in [2.24, 2.45) is 17.8 Å². The molecule has 4 aliphatic carbocycles. The van der Waals surface area contributed by atoms with Gasteiger partial charge in [0, 0.05) is 27.7 Å². The van der Waals surface area contributed by atoms with E-state index in [4.69, 9.17) is 19.7 Å². The van der Waals surface area contributed by atoms with Crippen LogP contribution >= 0.6 is 0 Å². The first kappa shape index (κ1) is 28.8. The van der Waals surface area contributed by atoms with Crippen molar-refractivity contribution in [2.75, 3.05) is 0 Å². The van der Waals surface area contributed by atoms with Crippen molar-refractivity contribution < 1.29 is 4.74 Å². The average Bonchev–Trinajstić information content (AvgIpc) is 3.53. The predicted octanol–water partition coefficient (Wildman–Crippen LogP) is 11.0. The smallest absolute Gasteiger partial charge is 0.164 e. The zero-order valence-corrected chi connectivity index (χ0v) is 28.7. The Labute approximate surface area is 303 Å². The molecular weight excluding hydrogens is 635 g/mol. The lowest BCUT2D eigenvalue weighted by Crippen LogP contribution is -2.61. The van der Waals surface area contributed by atoms with Gasteiger partial charge in [-0.15, -0.1) is 0 Å². The van der Waals surface area contributed by atoms with Crippen LogP contribution in [-0.4, -0.2) is 15.0 Å². The highest BCUT2D eigenvalue weighted by atomic mass is 16.5. The summed E-state index contributed by atoms with van der Waals surface area (Å²) in [5, 5.41) is 0. The van der Waals surface area contributed by atoms with E-state index in [0.717, 1.165) is 74.5 Å². The zero-order valence-electron chi connectivity index (χ0n) is 28.7. The first-order chi connectivity index (χ1) is 25.7. The molecule has 0 radical (unpaired) electrons. The fraction of sp³-hybridized carbons (Fsp3) is 0.188. The van der Waals surface area contributed by atoms with Gasteiger partial charge in [0.15, 0.2) is 11.6 Å².